The minimum atomic E-state index is -0.807. The van der Waals surface area contributed by atoms with E-state index in [0.29, 0.717) is 21.0 Å². The lowest BCUT2D eigenvalue weighted by atomic mass is 9.97. The quantitative estimate of drug-likeness (QED) is 0.606. The van der Waals surface area contributed by atoms with Crippen molar-refractivity contribution >= 4 is 38.6 Å². The van der Waals surface area contributed by atoms with Crippen LogP contribution in [-0.2, 0) is 9.53 Å². The van der Waals surface area contributed by atoms with E-state index in [4.69, 9.17) is 14.2 Å². The average Bonchev–Trinajstić information content (AvgIpc) is 2.52. The Labute approximate surface area is 153 Å². The van der Waals surface area contributed by atoms with Crippen LogP contribution >= 0.6 is 15.9 Å². The van der Waals surface area contributed by atoms with Gasteiger partial charge in [-0.1, -0.05) is 0 Å². The number of phenolic OH excluding ortho intramolecular Hbond substituents is 1. The maximum atomic E-state index is 12.4. The highest BCUT2D eigenvalue weighted by molar-refractivity contribution is 9.10. The van der Waals surface area contributed by atoms with Gasteiger partial charge in [-0.15, -0.1) is 0 Å². The summed E-state index contributed by atoms with van der Waals surface area (Å²) in [6.45, 7) is 5.07. The molecule has 0 atom stereocenters. The number of esters is 2. The molecule has 0 aliphatic heterocycles. The Kier molecular flexibility index (Phi) is 5.27. The smallest absolute Gasteiger partial charge is 0.345 e. The van der Waals surface area contributed by atoms with Crippen LogP contribution < -0.4 is 9.47 Å². The maximum absolute atomic E-state index is 12.4. The molecule has 0 amide bonds. The van der Waals surface area contributed by atoms with Crippen LogP contribution in [0.4, 0.5) is 0 Å². The zero-order valence-electron chi connectivity index (χ0n) is 14.6. The van der Waals surface area contributed by atoms with Gasteiger partial charge in [0.15, 0.2) is 5.75 Å². The number of hydrogen-bond donors (Lipinski definition) is 1. The molecule has 0 aliphatic rings. The molecule has 25 heavy (non-hydrogen) atoms. The van der Waals surface area contributed by atoms with Gasteiger partial charge in [0, 0.05) is 5.39 Å². The van der Waals surface area contributed by atoms with Crippen LogP contribution in [0.2, 0.25) is 0 Å². The van der Waals surface area contributed by atoms with Gasteiger partial charge in [0.05, 0.1) is 24.1 Å². The van der Waals surface area contributed by atoms with Crippen molar-refractivity contribution in [1.29, 1.82) is 0 Å². The van der Waals surface area contributed by atoms with E-state index >= 15 is 0 Å². The predicted molar refractivity (Wildman–Crippen MR) is 96.3 cm³/mol. The van der Waals surface area contributed by atoms with Gasteiger partial charge in [-0.2, -0.15) is 0 Å². The Bertz CT molecular complexity index is 851. The lowest BCUT2D eigenvalue weighted by molar-refractivity contribution is -0.142. The second-order valence-corrected chi connectivity index (χ2v) is 7.29. The van der Waals surface area contributed by atoms with Gasteiger partial charge < -0.3 is 19.3 Å². The number of hydrogen-bond acceptors (Lipinski definition) is 6. The molecule has 0 radical (unpaired) electrons. The summed E-state index contributed by atoms with van der Waals surface area (Å²) in [6.07, 6.45) is 0. The first-order valence-electron chi connectivity index (χ1n) is 7.44. The van der Waals surface area contributed by atoms with Crippen LogP contribution in [0.5, 0.6) is 17.2 Å². The molecule has 0 unspecified atom stereocenters. The van der Waals surface area contributed by atoms with Gasteiger partial charge in [0.1, 0.15) is 17.1 Å². The summed E-state index contributed by atoms with van der Waals surface area (Å²) in [7, 11) is 2.68. The van der Waals surface area contributed by atoms with Crippen molar-refractivity contribution in [3.05, 3.63) is 28.2 Å². The summed E-state index contributed by atoms with van der Waals surface area (Å²) in [5.74, 6) is -1.27. The van der Waals surface area contributed by atoms with Crippen molar-refractivity contribution in [2.75, 3.05) is 14.2 Å². The molecule has 0 aliphatic carbocycles. The summed E-state index contributed by atoms with van der Waals surface area (Å²) in [6, 6.07) is 4.72. The summed E-state index contributed by atoms with van der Waals surface area (Å²) in [4.78, 5) is 24.5. The molecule has 0 heterocycles. The highest BCUT2D eigenvalue weighted by Crippen LogP contribution is 2.41. The second kappa shape index (κ2) is 6.92. The van der Waals surface area contributed by atoms with Gasteiger partial charge in [-0.3, -0.25) is 4.79 Å². The Morgan fingerprint density at radius 2 is 1.76 bits per heavy atom. The number of benzene rings is 2. The number of carbonyl (C=O) groups is 2. The Hall–Kier alpha value is -2.28. The Morgan fingerprint density at radius 3 is 2.28 bits per heavy atom. The molecule has 134 valence electrons. The van der Waals surface area contributed by atoms with Gasteiger partial charge in [-0.05, 0) is 60.3 Å². The third kappa shape index (κ3) is 3.71. The van der Waals surface area contributed by atoms with Gasteiger partial charge >= 0.3 is 11.9 Å². The fourth-order valence-corrected chi connectivity index (χ4v) is 2.69. The summed E-state index contributed by atoms with van der Waals surface area (Å²) < 4.78 is 16.1. The van der Waals surface area contributed by atoms with Crippen LogP contribution in [-0.4, -0.2) is 31.3 Å². The van der Waals surface area contributed by atoms with Crippen molar-refractivity contribution in [3.63, 3.8) is 0 Å². The highest BCUT2D eigenvalue weighted by Gasteiger charge is 2.29. The number of methoxy groups -OCH3 is 2. The maximum Gasteiger partial charge on any atom is 0.345 e. The number of aromatic hydroxyl groups is 1. The van der Waals surface area contributed by atoms with Gasteiger partial charge in [0.2, 0.25) is 0 Å². The Balaban J connectivity index is 2.83. The Morgan fingerprint density at radius 1 is 1.12 bits per heavy atom. The second-order valence-electron chi connectivity index (χ2n) is 6.44. The lowest BCUT2D eigenvalue weighted by Gasteiger charge is -2.20. The normalized spacial score (nSPS) is 11.3. The molecule has 2 rings (SSSR count). The van der Waals surface area contributed by atoms with Crippen LogP contribution in [0.15, 0.2) is 22.7 Å². The minimum absolute atomic E-state index is 0.0624. The van der Waals surface area contributed by atoms with Crippen molar-refractivity contribution in [3.8, 4) is 17.2 Å². The molecular weight excluding hydrogens is 392 g/mol. The van der Waals surface area contributed by atoms with E-state index in [9.17, 15) is 14.7 Å². The first-order valence-corrected chi connectivity index (χ1v) is 8.23. The van der Waals surface area contributed by atoms with Crippen LogP contribution in [0, 0.1) is 5.41 Å². The monoisotopic (exact) mass is 410 g/mol. The van der Waals surface area contributed by atoms with E-state index in [0.717, 1.165) is 0 Å². The summed E-state index contributed by atoms with van der Waals surface area (Å²) in [5.41, 5.74) is -1.01. The molecule has 7 heteroatoms. The zero-order valence-corrected chi connectivity index (χ0v) is 16.2. The fraction of sp³-hybridized carbons (Fsp3) is 0.333. The zero-order chi connectivity index (χ0) is 18.9. The fourth-order valence-electron chi connectivity index (χ4n) is 2.16. The highest BCUT2D eigenvalue weighted by atomic mass is 79.9. The summed E-state index contributed by atoms with van der Waals surface area (Å²) >= 11 is 3.36. The third-order valence-corrected chi connectivity index (χ3v) is 4.16. The van der Waals surface area contributed by atoms with Crippen molar-refractivity contribution < 1.29 is 28.9 Å². The molecule has 2 aromatic rings. The van der Waals surface area contributed by atoms with E-state index < -0.39 is 17.4 Å². The molecule has 0 aromatic heterocycles. The van der Waals surface area contributed by atoms with Gasteiger partial charge in [-0.25, -0.2) is 4.79 Å². The average molecular weight is 411 g/mol. The molecule has 1 N–H and O–H groups in total. The summed E-state index contributed by atoms with van der Waals surface area (Å²) in [5, 5.41) is 11.3. The van der Waals surface area contributed by atoms with E-state index in [-0.39, 0.29) is 17.1 Å². The molecule has 0 bridgehead atoms. The predicted octanol–water partition coefficient (Wildman–Crippen LogP) is 4.05. The van der Waals surface area contributed by atoms with Crippen LogP contribution in [0.25, 0.3) is 10.8 Å². The topological polar surface area (TPSA) is 82.1 Å². The molecular formula is C18H19BrO6. The molecule has 2 aromatic carbocycles. The minimum Gasteiger partial charge on any atom is -0.507 e. The van der Waals surface area contributed by atoms with Crippen LogP contribution in [0.3, 0.4) is 0 Å². The first-order chi connectivity index (χ1) is 11.6. The van der Waals surface area contributed by atoms with Crippen LogP contribution in [0.1, 0.15) is 31.1 Å². The molecule has 6 nitrogen and oxygen atoms in total. The number of fused-ring (bicyclic) bond motifs is 1. The van der Waals surface area contributed by atoms with E-state index in [1.807, 2.05) is 0 Å². The number of carbonyl (C=O) groups excluding carboxylic acids is 2. The number of rotatable bonds is 3. The SMILES string of the molecule is COC(=O)c1c(O)cc2cc(Br)c(OC)cc2c1OC(=O)C(C)(C)C. The molecule has 0 fully saturated rings. The largest absolute Gasteiger partial charge is 0.507 e. The lowest BCUT2D eigenvalue weighted by Crippen LogP contribution is -2.26. The van der Waals surface area contributed by atoms with Crippen molar-refractivity contribution in [2.45, 2.75) is 20.8 Å². The molecule has 0 spiro atoms. The number of phenols is 1. The van der Waals surface area contributed by atoms with E-state index in [1.54, 1.807) is 32.9 Å². The molecule has 0 saturated heterocycles. The first kappa shape index (κ1) is 19.1. The van der Waals surface area contributed by atoms with Crippen molar-refractivity contribution in [1.82, 2.24) is 0 Å². The molecule has 0 saturated carbocycles. The van der Waals surface area contributed by atoms with E-state index in [2.05, 4.69) is 15.9 Å². The number of ether oxygens (including phenoxy) is 3. The van der Waals surface area contributed by atoms with E-state index in [1.165, 1.54) is 20.3 Å². The number of halogens is 1. The third-order valence-electron chi connectivity index (χ3n) is 3.54. The van der Waals surface area contributed by atoms with Crippen molar-refractivity contribution in [2.24, 2.45) is 5.41 Å². The van der Waals surface area contributed by atoms with Gasteiger partial charge in [0.25, 0.3) is 0 Å². The standard InChI is InChI=1S/C18H19BrO6/c1-18(2,3)17(22)25-15-10-8-13(23-4)11(19)6-9(10)7-12(20)14(15)16(21)24-5/h6-8,20H,1-5H3.